The highest BCUT2D eigenvalue weighted by Crippen LogP contribution is 2.20. The van der Waals surface area contributed by atoms with Gasteiger partial charge in [-0.3, -0.25) is 0 Å². The zero-order valence-corrected chi connectivity index (χ0v) is 9.42. The molecule has 0 aromatic heterocycles. The van der Waals surface area contributed by atoms with Crippen LogP contribution in [0.1, 0.15) is 20.3 Å². The largest absolute Gasteiger partial charge is 0.386 e. The lowest BCUT2D eigenvalue weighted by molar-refractivity contribution is 0.108. The monoisotopic (exact) mass is 208 g/mol. The summed E-state index contributed by atoms with van der Waals surface area (Å²) in [5, 5.41) is 11.6. The topological polar surface area (TPSA) is 20.2 Å². The van der Waals surface area contributed by atoms with Crippen LogP contribution in [0.3, 0.4) is 0 Å². The van der Waals surface area contributed by atoms with Gasteiger partial charge in [-0.05, 0) is 37.0 Å². The first-order valence-electron chi connectivity index (χ1n) is 4.76. The van der Waals surface area contributed by atoms with Crippen molar-refractivity contribution >= 4 is 11.8 Å². The van der Waals surface area contributed by atoms with Crippen molar-refractivity contribution in [1.29, 1.82) is 0 Å². The lowest BCUT2D eigenvalue weighted by Crippen LogP contribution is -2.18. The third-order valence-corrected chi connectivity index (χ3v) is 2.91. The van der Waals surface area contributed by atoms with Crippen molar-refractivity contribution < 1.29 is 5.11 Å². The first kappa shape index (κ1) is 11.3. The molecule has 0 spiro atoms. The van der Waals surface area contributed by atoms with E-state index in [9.17, 15) is 5.11 Å². The van der Waals surface area contributed by atoms with Gasteiger partial charge < -0.3 is 5.11 Å². The van der Waals surface area contributed by atoms with Crippen LogP contribution >= 0.6 is 11.8 Å². The maximum atomic E-state index is 9.70. The van der Waals surface area contributed by atoms with Gasteiger partial charge in [0, 0.05) is 4.90 Å². The molecule has 1 nitrogen and oxygen atoms in total. The van der Waals surface area contributed by atoms with Crippen LogP contribution in [-0.2, 0) is 0 Å². The Balaban J connectivity index is 2.49. The van der Waals surface area contributed by atoms with Gasteiger partial charge in [0.1, 0.15) is 0 Å². The van der Waals surface area contributed by atoms with Crippen LogP contribution in [0.25, 0.3) is 0 Å². The maximum Gasteiger partial charge on any atom is 0.0805 e. The molecule has 1 rings (SSSR count). The third-order valence-electron chi connectivity index (χ3n) is 2.09. The molecule has 0 aliphatic carbocycles. The summed E-state index contributed by atoms with van der Waals surface area (Å²) in [5.41, 5.74) is -0.679. The van der Waals surface area contributed by atoms with Crippen molar-refractivity contribution in [3.05, 3.63) is 41.8 Å². The molecule has 1 aromatic carbocycles. The van der Waals surface area contributed by atoms with E-state index in [4.69, 9.17) is 0 Å². The van der Waals surface area contributed by atoms with Crippen molar-refractivity contribution in [1.82, 2.24) is 0 Å². The van der Waals surface area contributed by atoms with E-state index in [0.717, 1.165) is 6.42 Å². The summed E-state index contributed by atoms with van der Waals surface area (Å²) in [7, 11) is 0. The van der Waals surface area contributed by atoms with Crippen molar-refractivity contribution in [3.63, 3.8) is 0 Å². The van der Waals surface area contributed by atoms with Gasteiger partial charge in [-0.1, -0.05) is 36.9 Å². The molecule has 0 saturated heterocycles. The van der Waals surface area contributed by atoms with E-state index >= 15 is 0 Å². The van der Waals surface area contributed by atoms with E-state index in [0.29, 0.717) is 0 Å². The predicted octanol–water partition coefficient (Wildman–Crippen LogP) is 3.45. The first-order valence-corrected chi connectivity index (χ1v) is 5.64. The number of aliphatic hydroxyl groups is 1. The van der Waals surface area contributed by atoms with Crippen LogP contribution < -0.4 is 0 Å². The number of hydrogen-bond donors (Lipinski definition) is 1. The van der Waals surface area contributed by atoms with Gasteiger partial charge in [-0.15, -0.1) is 0 Å². The van der Waals surface area contributed by atoms with Crippen LogP contribution in [0.15, 0.2) is 46.7 Å². The van der Waals surface area contributed by atoms with Crippen molar-refractivity contribution in [2.24, 2.45) is 0 Å². The maximum absolute atomic E-state index is 9.70. The molecule has 1 N–H and O–H groups in total. The first-order chi connectivity index (χ1) is 6.64. The van der Waals surface area contributed by atoms with Crippen LogP contribution in [0.4, 0.5) is 0 Å². The lowest BCUT2D eigenvalue weighted by Gasteiger charge is -2.15. The minimum atomic E-state index is -0.679. The smallest absolute Gasteiger partial charge is 0.0805 e. The summed E-state index contributed by atoms with van der Waals surface area (Å²) < 4.78 is 0. The quantitative estimate of drug-likeness (QED) is 0.765. The van der Waals surface area contributed by atoms with Gasteiger partial charge in [0.2, 0.25) is 0 Å². The van der Waals surface area contributed by atoms with Crippen LogP contribution in [-0.4, -0.2) is 10.7 Å². The van der Waals surface area contributed by atoms with Gasteiger partial charge in [-0.2, -0.15) is 0 Å². The van der Waals surface area contributed by atoms with Gasteiger partial charge in [-0.25, -0.2) is 0 Å². The molecule has 0 amide bonds. The van der Waals surface area contributed by atoms with Crippen LogP contribution in [0.5, 0.6) is 0 Å². The Labute approximate surface area is 89.8 Å². The average Bonchev–Trinajstić information content (AvgIpc) is 2.19. The molecule has 0 saturated carbocycles. The van der Waals surface area contributed by atoms with Gasteiger partial charge in [0.25, 0.3) is 0 Å². The molecule has 0 bridgehead atoms. The average molecular weight is 208 g/mol. The molecule has 0 heterocycles. The summed E-state index contributed by atoms with van der Waals surface area (Å²) >= 11 is 1.62. The van der Waals surface area contributed by atoms with E-state index in [1.54, 1.807) is 11.8 Å². The van der Waals surface area contributed by atoms with E-state index < -0.39 is 5.60 Å². The molecule has 1 aromatic rings. The molecule has 1 atom stereocenters. The Bertz CT molecular complexity index is 290. The minimum Gasteiger partial charge on any atom is -0.386 e. The SMILES string of the molecule is CCC(C)(O)/C=C\Sc1ccccc1. The normalized spacial score (nSPS) is 15.6. The van der Waals surface area contributed by atoms with Crippen LogP contribution in [0, 0.1) is 0 Å². The van der Waals surface area contributed by atoms with Crippen LogP contribution in [0.2, 0.25) is 0 Å². The molecule has 14 heavy (non-hydrogen) atoms. The van der Waals surface area contributed by atoms with Crippen molar-refractivity contribution in [2.45, 2.75) is 30.8 Å². The second-order valence-electron chi connectivity index (χ2n) is 3.44. The molecule has 0 aliphatic heterocycles. The second-order valence-corrected chi connectivity index (χ2v) is 4.42. The molecule has 0 radical (unpaired) electrons. The third kappa shape index (κ3) is 3.99. The highest BCUT2D eigenvalue weighted by molar-refractivity contribution is 8.02. The summed E-state index contributed by atoms with van der Waals surface area (Å²) in [6, 6.07) is 10.1. The molecule has 2 heteroatoms. The molecular weight excluding hydrogens is 192 g/mol. The number of rotatable bonds is 4. The van der Waals surface area contributed by atoms with E-state index in [1.165, 1.54) is 4.90 Å². The van der Waals surface area contributed by atoms with E-state index in [2.05, 4.69) is 12.1 Å². The fourth-order valence-corrected chi connectivity index (χ4v) is 1.71. The lowest BCUT2D eigenvalue weighted by atomic mass is 10.1. The van der Waals surface area contributed by atoms with E-state index in [1.807, 2.05) is 43.5 Å². The van der Waals surface area contributed by atoms with Gasteiger partial charge in [0.15, 0.2) is 0 Å². The standard InChI is InChI=1S/C12H16OS/c1-3-12(2,13)9-10-14-11-7-5-4-6-8-11/h4-10,13H,3H2,1-2H3/b10-9-. The number of hydrogen-bond acceptors (Lipinski definition) is 2. The molecule has 76 valence electrons. The molecule has 1 unspecified atom stereocenters. The molecule has 0 fully saturated rings. The zero-order valence-electron chi connectivity index (χ0n) is 8.60. The fraction of sp³-hybridized carbons (Fsp3) is 0.333. The Morgan fingerprint density at radius 2 is 2.00 bits per heavy atom. The summed E-state index contributed by atoms with van der Waals surface area (Å²) in [4.78, 5) is 1.19. The Morgan fingerprint density at radius 3 is 2.57 bits per heavy atom. The van der Waals surface area contributed by atoms with E-state index in [-0.39, 0.29) is 0 Å². The summed E-state index contributed by atoms with van der Waals surface area (Å²) in [5.74, 6) is 0. The Hall–Kier alpha value is -0.730. The summed E-state index contributed by atoms with van der Waals surface area (Å²) in [6.45, 7) is 3.78. The second kappa shape index (κ2) is 5.23. The van der Waals surface area contributed by atoms with Crippen molar-refractivity contribution in [3.8, 4) is 0 Å². The minimum absolute atomic E-state index is 0.679. The van der Waals surface area contributed by atoms with Crippen molar-refractivity contribution in [2.75, 3.05) is 0 Å². The highest BCUT2D eigenvalue weighted by atomic mass is 32.2. The summed E-state index contributed by atoms with van der Waals surface area (Å²) in [6.07, 6.45) is 2.57. The van der Waals surface area contributed by atoms with Gasteiger partial charge >= 0.3 is 0 Å². The highest BCUT2D eigenvalue weighted by Gasteiger charge is 2.11. The molecular formula is C12H16OS. The molecule has 0 aliphatic rings. The Kier molecular flexibility index (Phi) is 4.23. The zero-order chi connectivity index (χ0) is 10.4. The van der Waals surface area contributed by atoms with Gasteiger partial charge in [0.05, 0.1) is 5.60 Å². The Morgan fingerprint density at radius 1 is 1.36 bits per heavy atom. The number of benzene rings is 1. The predicted molar refractivity (Wildman–Crippen MR) is 62.4 cm³/mol. The fourth-order valence-electron chi connectivity index (χ4n) is 0.876. The number of thioether (sulfide) groups is 1.